The maximum Gasteiger partial charge on any atom is 0.250 e. The fourth-order valence-electron chi connectivity index (χ4n) is 2.19. The summed E-state index contributed by atoms with van der Waals surface area (Å²) in [5.41, 5.74) is 2.25. The van der Waals surface area contributed by atoms with E-state index in [1.165, 1.54) is 16.9 Å². The van der Waals surface area contributed by atoms with Crippen LogP contribution in [0.1, 0.15) is 50.3 Å². The minimum absolute atomic E-state index is 0.216. The topological polar surface area (TPSA) is 46.2 Å². The second-order valence-electron chi connectivity index (χ2n) is 5.46. The van der Waals surface area contributed by atoms with Crippen LogP contribution in [0, 0.1) is 0 Å². The van der Waals surface area contributed by atoms with Gasteiger partial charge < -0.3 is 0 Å². The van der Waals surface area contributed by atoms with Crippen molar-refractivity contribution in [3.8, 4) is 0 Å². The third-order valence-corrected chi connectivity index (χ3v) is 7.11. The molecule has 3 nitrogen and oxygen atoms in total. The highest BCUT2D eigenvalue weighted by atomic mass is 79.9. The number of hydrogen-bond donors (Lipinski definition) is 1. The standard InChI is InChI=1S/C16H20BrNO2S2/c1-4-14(13-7-5-12(6-8-13)11(2)3)18-22(19,20)16-10-9-15(17)21-16/h5-11,14,18H,4H2,1-3H3. The van der Waals surface area contributed by atoms with Crippen molar-refractivity contribution in [3.05, 3.63) is 51.3 Å². The number of benzene rings is 1. The summed E-state index contributed by atoms with van der Waals surface area (Å²) in [7, 11) is -3.49. The Morgan fingerprint density at radius 1 is 1.09 bits per heavy atom. The molecule has 0 amide bonds. The summed E-state index contributed by atoms with van der Waals surface area (Å²) in [6.45, 7) is 6.27. The summed E-state index contributed by atoms with van der Waals surface area (Å²) in [5.74, 6) is 0.467. The summed E-state index contributed by atoms with van der Waals surface area (Å²) in [4.78, 5) is 0. The Morgan fingerprint density at radius 3 is 2.14 bits per heavy atom. The van der Waals surface area contributed by atoms with E-state index < -0.39 is 10.0 Å². The van der Waals surface area contributed by atoms with Gasteiger partial charge in [0.1, 0.15) is 4.21 Å². The smallest absolute Gasteiger partial charge is 0.206 e. The van der Waals surface area contributed by atoms with E-state index in [0.29, 0.717) is 16.5 Å². The number of sulfonamides is 1. The molecule has 0 spiro atoms. The molecule has 1 atom stereocenters. The van der Waals surface area contributed by atoms with Gasteiger partial charge in [-0.15, -0.1) is 11.3 Å². The van der Waals surface area contributed by atoms with Gasteiger partial charge in [-0.2, -0.15) is 0 Å². The van der Waals surface area contributed by atoms with E-state index in [4.69, 9.17) is 0 Å². The maximum absolute atomic E-state index is 12.4. The number of thiophene rings is 1. The Kier molecular flexibility index (Phi) is 5.82. The molecule has 0 bridgehead atoms. The van der Waals surface area contributed by atoms with Gasteiger partial charge in [0.25, 0.3) is 10.0 Å². The lowest BCUT2D eigenvalue weighted by molar-refractivity contribution is 0.552. The first-order chi connectivity index (χ1) is 10.3. The third kappa shape index (κ3) is 4.19. The number of nitrogens with one attached hydrogen (secondary N) is 1. The Balaban J connectivity index is 2.21. The normalized spacial score (nSPS) is 13.5. The average molecular weight is 402 g/mol. The first-order valence-corrected chi connectivity index (χ1v) is 10.3. The average Bonchev–Trinajstić information content (AvgIpc) is 2.92. The minimum Gasteiger partial charge on any atom is -0.206 e. The van der Waals surface area contributed by atoms with Gasteiger partial charge in [0.15, 0.2) is 0 Å². The van der Waals surface area contributed by atoms with Gasteiger partial charge in [0, 0.05) is 6.04 Å². The van der Waals surface area contributed by atoms with Crippen molar-refractivity contribution < 1.29 is 8.42 Å². The molecular formula is C16H20BrNO2S2. The highest BCUT2D eigenvalue weighted by molar-refractivity contribution is 9.11. The van der Waals surface area contributed by atoms with Gasteiger partial charge in [0.2, 0.25) is 0 Å². The molecule has 0 radical (unpaired) electrons. The lowest BCUT2D eigenvalue weighted by Crippen LogP contribution is -2.27. The van der Waals surface area contributed by atoms with E-state index in [9.17, 15) is 8.42 Å². The van der Waals surface area contributed by atoms with E-state index in [-0.39, 0.29) is 6.04 Å². The van der Waals surface area contributed by atoms with Crippen LogP contribution < -0.4 is 4.72 Å². The predicted molar refractivity (Wildman–Crippen MR) is 95.9 cm³/mol. The molecule has 1 heterocycles. The highest BCUT2D eigenvalue weighted by Gasteiger charge is 2.21. The molecule has 2 aromatic rings. The molecule has 1 aromatic carbocycles. The van der Waals surface area contributed by atoms with Crippen LogP contribution in [-0.2, 0) is 10.0 Å². The molecule has 0 aliphatic heterocycles. The van der Waals surface area contributed by atoms with E-state index in [1.807, 2.05) is 19.1 Å². The predicted octanol–water partition coefficient (Wildman–Crippen LogP) is 5.06. The molecule has 120 valence electrons. The fourth-order valence-corrected chi connectivity index (χ4v) is 5.52. The van der Waals surface area contributed by atoms with E-state index in [1.54, 1.807) is 12.1 Å². The molecule has 1 aromatic heterocycles. The van der Waals surface area contributed by atoms with Crippen LogP contribution in [0.15, 0.2) is 44.4 Å². The van der Waals surface area contributed by atoms with Crippen molar-refractivity contribution in [1.29, 1.82) is 0 Å². The van der Waals surface area contributed by atoms with Crippen LogP contribution in [-0.4, -0.2) is 8.42 Å². The molecule has 2 rings (SSSR count). The second kappa shape index (κ2) is 7.25. The van der Waals surface area contributed by atoms with Crippen LogP contribution in [0.4, 0.5) is 0 Å². The molecule has 22 heavy (non-hydrogen) atoms. The SMILES string of the molecule is CCC(NS(=O)(=O)c1ccc(Br)s1)c1ccc(C(C)C)cc1. The first-order valence-electron chi connectivity index (χ1n) is 7.21. The first kappa shape index (κ1) is 17.7. The zero-order valence-electron chi connectivity index (χ0n) is 12.8. The number of halogens is 1. The van der Waals surface area contributed by atoms with Crippen molar-refractivity contribution in [1.82, 2.24) is 4.72 Å². The zero-order valence-corrected chi connectivity index (χ0v) is 16.1. The maximum atomic E-state index is 12.4. The molecule has 6 heteroatoms. The van der Waals surface area contributed by atoms with Gasteiger partial charge in [-0.25, -0.2) is 13.1 Å². The van der Waals surface area contributed by atoms with Crippen LogP contribution >= 0.6 is 27.3 Å². The van der Waals surface area contributed by atoms with Crippen LogP contribution in [0.5, 0.6) is 0 Å². The third-order valence-electron chi connectivity index (χ3n) is 3.52. The van der Waals surface area contributed by atoms with Gasteiger partial charge in [-0.05, 0) is 51.5 Å². The van der Waals surface area contributed by atoms with Gasteiger partial charge in [-0.3, -0.25) is 0 Å². The second-order valence-corrected chi connectivity index (χ2v) is 9.87. The van der Waals surface area contributed by atoms with Crippen molar-refractivity contribution in [2.45, 2.75) is 43.4 Å². The quantitative estimate of drug-likeness (QED) is 0.734. The summed E-state index contributed by atoms with van der Waals surface area (Å²) < 4.78 is 28.8. The Hall–Kier alpha value is -0.690. The van der Waals surface area contributed by atoms with Gasteiger partial charge in [-0.1, -0.05) is 45.0 Å². The number of rotatable bonds is 6. The molecule has 1 N–H and O–H groups in total. The highest BCUT2D eigenvalue weighted by Crippen LogP contribution is 2.28. The van der Waals surface area contributed by atoms with Gasteiger partial charge >= 0.3 is 0 Å². The van der Waals surface area contributed by atoms with Crippen LogP contribution in [0.3, 0.4) is 0 Å². The molecule has 1 unspecified atom stereocenters. The summed E-state index contributed by atoms with van der Waals surface area (Å²) in [5, 5.41) is 0. The zero-order chi connectivity index (χ0) is 16.3. The van der Waals surface area contributed by atoms with Crippen molar-refractivity contribution >= 4 is 37.3 Å². The minimum atomic E-state index is -3.49. The molecule has 0 saturated carbocycles. The summed E-state index contributed by atoms with van der Waals surface area (Å²) in [6, 6.07) is 11.3. The van der Waals surface area contributed by atoms with Crippen molar-refractivity contribution in [2.24, 2.45) is 0 Å². The van der Waals surface area contributed by atoms with Crippen LogP contribution in [0.2, 0.25) is 0 Å². The largest absolute Gasteiger partial charge is 0.250 e. The van der Waals surface area contributed by atoms with Crippen molar-refractivity contribution in [3.63, 3.8) is 0 Å². The fraction of sp³-hybridized carbons (Fsp3) is 0.375. The Bertz CT molecular complexity index is 721. The van der Waals surface area contributed by atoms with Crippen LogP contribution in [0.25, 0.3) is 0 Å². The molecular weight excluding hydrogens is 382 g/mol. The summed E-state index contributed by atoms with van der Waals surface area (Å²) >= 11 is 4.52. The molecule has 0 aliphatic carbocycles. The molecule has 0 aliphatic rings. The lowest BCUT2D eigenvalue weighted by Gasteiger charge is -2.18. The van der Waals surface area contributed by atoms with Gasteiger partial charge in [0.05, 0.1) is 3.79 Å². The van der Waals surface area contributed by atoms with E-state index >= 15 is 0 Å². The lowest BCUT2D eigenvalue weighted by atomic mass is 9.98. The summed E-state index contributed by atoms with van der Waals surface area (Å²) in [6.07, 6.45) is 0.701. The number of hydrogen-bond acceptors (Lipinski definition) is 3. The monoisotopic (exact) mass is 401 g/mol. The van der Waals surface area contributed by atoms with Crippen molar-refractivity contribution in [2.75, 3.05) is 0 Å². The molecule has 0 fully saturated rings. The Labute approximate surface area is 144 Å². The van der Waals surface area contributed by atoms with E-state index in [0.717, 1.165) is 9.35 Å². The Morgan fingerprint density at radius 2 is 1.68 bits per heavy atom. The van der Waals surface area contributed by atoms with E-state index in [2.05, 4.69) is 46.6 Å². The molecule has 0 saturated heterocycles.